The van der Waals surface area contributed by atoms with Crippen LogP contribution in [0.15, 0.2) is 30.3 Å². The third-order valence-electron chi connectivity index (χ3n) is 3.61. The molecule has 0 fully saturated rings. The van der Waals surface area contributed by atoms with Crippen molar-refractivity contribution in [2.24, 2.45) is 5.92 Å². The van der Waals surface area contributed by atoms with Crippen LogP contribution in [0.2, 0.25) is 0 Å². The number of ether oxygens (including phenoxy) is 1. The van der Waals surface area contributed by atoms with Crippen molar-refractivity contribution in [1.82, 2.24) is 0 Å². The first kappa shape index (κ1) is 17.3. The number of phenols is 3. The summed E-state index contributed by atoms with van der Waals surface area (Å²) in [5.41, 5.74) is -0.614. The largest absolute Gasteiger partial charge is 0.507 e. The highest BCUT2D eigenvalue weighted by molar-refractivity contribution is 6.15. The van der Waals surface area contributed by atoms with Crippen molar-refractivity contribution in [3.63, 3.8) is 0 Å². The Kier molecular flexibility index (Phi) is 4.78. The molecule has 2 rings (SSSR count). The Hall–Kier alpha value is -3.02. The van der Waals surface area contributed by atoms with Crippen LogP contribution in [0.5, 0.6) is 23.0 Å². The third kappa shape index (κ3) is 3.03. The van der Waals surface area contributed by atoms with Crippen LogP contribution >= 0.6 is 0 Å². The molecule has 126 valence electrons. The molecular weight excluding hydrogens is 312 g/mol. The molecule has 0 amide bonds. The van der Waals surface area contributed by atoms with E-state index >= 15 is 0 Å². The number of benzene rings is 2. The number of ketones is 2. The summed E-state index contributed by atoms with van der Waals surface area (Å²) in [6.07, 6.45) is 0. The standard InChI is InChI=1S/C18H18O6/c1-9(2)16(21)14-12(19)8-13(20)15(18(14)23)17(22)10-4-6-11(24-3)7-5-10/h4-9,19-20,23H,1-3H3. The summed E-state index contributed by atoms with van der Waals surface area (Å²) in [7, 11) is 1.48. The van der Waals surface area contributed by atoms with E-state index in [1.54, 1.807) is 26.0 Å². The highest BCUT2D eigenvalue weighted by Gasteiger charge is 2.28. The number of methoxy groups -OCH3 is 1. The van der Waals surface area contributed by atoms with Gasteiger partial charge in [0, 0.05) is 17.5 Å². The van der Waals surface area contributed by atoms with Crippen molar-refractivity contribution in [2.45, 2.75) is 13.8 Å². The fourth-order valence-electron chi connectivity index (χ4n) is 2.28. The van der Waals surface area contributed by atoms with Crippen LogP contribution in [0.3, 0.4) is 0 Å². The molecular formula is C18H18O6. The maximum atomic E-state index is 12.6. The van der Waals surface area contributed by atoms with Crippen LogP contribution in [0.4, 0.5) is 0 Å². The number of aromatic hydroxyl groups is 3. The van der Waals surface area contributed by atoms with Crippen molar-refractivity contribution in [2.75, 3.05) is 7.11 Å². The maximum Gasteiger partial charge on any atom is 0.200 e. The molecule has 0 radical (unpaired) electrons. The molecule has 0 atom stereocenters. The van der Waals surface area contributed by atoms with Gasteiger partial charge in [-0.2, -0.15) is 0 Å². The van der Waals surface area contributed by atoms with Crippen molar-refractivity contribution in [1.29, 1.82) is 0 Å². The lowest BCUT2D eigenvalue weighted by molar-refractivity contribution is 0.0933. The van der Waals surface area contributed by atoms with Crippen molar-refractivity contribution in [3.05, 3.63) is 47.0 Å². The van der Waals surface area contributed by atoms with Gasteiger partial charge in [0.05, 0.1) is 7.11 Å². The number of rotatable bonds is 5. The summed E-state index contributed by atoms with van der Waals surface area (Å²) in [5, 5.41) is 30.2. The highest BCUT2D eigenvalue weighted by atomic mass is 16.5. The maximum absolute atomic E-state index is 12.6. The van der Waals surface area contributed by atoms with E-state index in [0.29, 0.717) is 5.75 Å². The number of hydrogen-bond acceptors (Lipinski definition) is 6. The molecule has 2 aromatic carbocycles. The number of carbonyl (C=O) groups is 2. The Morgan fingerprint density at radius 2 is 1.50 bits per heavy atom. The molecule has 0 aliphatic carbocycles. The summed E-state index contributed by atoms with van der Waals surface area (Å²) in [5.74, 6) is -3.08. The first-order valence-electron chi connectivity index (χ1n) is 7.28. The number of carbonyl (C=O) groups excluding carboxylic acids is 2. The van der Waals surface area contributed by atoms with Gasteiger partial charge < -0.3 is 20.1 Å². The van der Waals surface area contributed by atoms with Crippen molar-refractivity contribution >= 4 is 11.6 Å². The normalized spacial score (nSPS) is 10.7. The second-order valence-electron chi connectivity index (χ2n) is 5.59. The zero-order valence-electron chi connectivity index (χ0n) is 13.5. The quantitative estimate of drug-likeness (QED) is 0.728. The number of phenolic OH excluding ortho intramolecular Hbond substituents is 3. The third-order valence-corrected chi connectivity index (χ3v) is 3.61. The first-order valence-corrected chi connectivity index (χ1v) is 7.28. The summed E-state index contributed by atoms with van der Waals surface area (Å²) >= 11 is 0. The molecule has 0 saturated carbocycles. The lowest BCUT2D eigenvalue weighted by atomic mass is 9.93. The van der Waals surface area contributed by atoms with Crippen LogP contribution in [-0.2, 0) is 0 Å². The van der Waals surface area contributed by atoms with E-state index in [0.717, 1.165) is 6.07 Å². The van der Waals surface area contributed by atoms with Crippen LogP contribution in [-0.4, -0.2) is 34.0 Å². The molecule has 0 aliphatic heterocycles. The van der Waals surface area contributed by atoms with Crippen LogP contribution in [0, 0.1) is 5.92 Å². The second-order valence-corrected chi connectivity index (χ2v) is 5.59. The zero-order valence-corrected chi connectivity index (χ0v) is 13.5. The van der Waals surface area contributed by atoms with E-state index in [1.165, 1.54) is 19.2 Å². The number of hydrogen-bond donors (Lipinski definition) is 3. The predicted molar refractivity (Wildman–Crippen MR) is 87.0 cm³/mol. The average Bonchev–Trinajstić information content (AvgIpc) is 2.54. The Morgan fingerprint density at radius 1 is 0.958 bits per heavy atom. The van der Waals surface area contributed by atoms with Gasteiger partial charge in [-0.15, -0.1) is 0 Å². The average molecular weight is 330 g/mol. The van der Waals surface area contributed by atoms with Gasteiger partial charge in [-0.1, -0.05) is 13.8 Å². The fourth-order valence-corrected chi connectivity index (χ4v) is 2.28. The van der Waals surface area contributed by atoms with Crippen LogP contribution in [0.1, 0.15) is 40.1 Å². The Labute approximate surface area is 138 Å². The summed E-state index contributed by atoms with van der Waals surface area (Å²) < 4.78 is 5.01. The molecule has 3 N–H and O–H groups in total. The molecule has 24 heavy (non-hydrogen) atoms. The second kappa shape index (κ2) is 6.62. The minimum Gasteiger partial charge on any atom is -0.507 e. The molecule has 0 aliphatic rings. The molecule has 0 heterocycles. The van der Waals surface area contributed by atoms with Crippen molar-refractivity contribution in [3.8, 4) is 23.0 Å². The summed E-state index contributed by atoms with van der Waals surface area (Å²) in [6.45, 7) is 3.19. The van der Waals surface area contributed by atoms with E-state index in [4.69, 9.17) is 4.74 Å². The van der Waals surface area contributed by atoms with Gasteiger partial charge >= 0.3 is 0 Å². The Balaban J connectivity index is 2.58. The molecule has 0 unspecified atom stereocenters. The predicted octanol–water partition coefficient (Wildman–Crippen LogP) is 2.88. The van der Waals surface area contributed by atoms with Gasteiger partial charge in [0.25, 0.3) is 0 Å². The molecule has 2 aromatic rings. The molecule has 0 bridgehead atoms. The Morgan fingerprint density at radius 3 is 2.00 bits per heavy atom. The van der Waals surface area contributed by atoms with Gasteiger partial charge in [0.1, 0.15) is 34.1 Å². The molecule has 0 aromatic heterocycles. The highest BCUT2D eigenvalue weighted by Crippen LogP contribution is 2.39. The van der Waals surface area contributed by atoms with E-state index in [-0.39, 0.29) is 11.1 Å². The van der Waals surface area contributed by atoms with Gasteiger partial charge in [0.2, 0.25) is 5.78 Å². The summed E-state index contributed by atoms with van der Waals surface area (Å²) in [6, 6.07) is 6.93. The first-order chi connectivity index (χ1) is 11.3. The number of Topliss-reactive ketones (excluding diaryl/α,β-unsaturated/α-hetero) is 1. The fraction of sp³-hybridized carbons (Fsp3) is 0.222. The van der Waals surface area contributed by atoms with E-state index in [9.17, 15) is 24.9 Å². The minimum atomic E-state index is -0.730. The monoisotopic (exact) mass is 330 g/mol. The zero-order chi connectivity index (χ0) is 18.0. The molecule has 0 saturated heterocycles. The van der Waals surface area contributed by atoms with E-state index in [1.807, 2.05) is 0 Å². The Bertz CT molecular complexity index is 790. The van der Waals surface area contributed by atoms with E-state index in [2.05, 4.69) is 0 Å². The smallest absolute Gasteiger partial charge is 0.200 e. The van der Waals surface area contributed by atoms with Gasteiger partial charge in [-0.3, -0.25) is 9.59 Å². The molecule has 6 heteroatoms. The van der Waals surface area contributed by atoms with Gasteiger partial charge in [-0.05, 0) is 24.3 Å². The minimum absolute atomic E-state index is 0.190. The van der Waals surface area contributed by atoms with Gasteiger partial charge in [-0.25, -0.2) is 0 Å². The van der Waals surface area contributed by atoms with Gasteiger partial charge in [0.15, 0.2) is 5.78 Å². The van der Waals surface area contributed by atoms with Crippen LogP contribution in [0.25, 0.3) is 0 Å². The molecule has 6 nitrogen and oxygen atoms in total. The lowest BCUT2D eigenvalue weighted by Crippen LogP contribution is -2.11. The van der Waals surface area contributed by atoms with E-state index < -0.39 is 40.3 Å². The van der Waals surface area contributed by atoms with Crippen LogP contribution < -0.4 is 4.74 Å². The summed E-state index contributed by atoms with van der Waals surface area (Å²) in [4.78, 5) is 24.8. The molecule has 0 spiro atoms. The lowest BCUT2D eigenvalue weighted by Gasteiger charge is -2.14. The SMILES string of the molecule is COc1ccc(C(=O)c2c(O)cc(O)c(C(=O)C(C)C)c2O)cc1. The van der Waals surface area contributed by atoms with Crippen molar-refractivity contribution < 1.29 is 29.6 Å². The topological polar surface area (TPSA) is 104 Å².